The van der Waals surface area contributed by atoms with Gasteiger partial charge in [-0.3, -0.25) is 0 Å². The topological polar surface area (TPSA) is 95.5 Å². The third kappa shape index (κ3) is 4.37. The van der Waals surface area contributed by atoms with Gasteiger partial charge in [-0.2, -0.15) is 0 Å². The van der Waals surface area contributed by atoms with E-state index < -0.39 is 16.0 Å². The minimum Gasteiger partial charge on any atom is -0.477 e. The van der Waals surface area contributed by atoms with Crippen LogP contribution in [-0.2, 0) is 10.0 Å². The van der Waals surface area contributed by atoms with E-state index in [0.29, 0.717) is 13.0 Å². The lowest BCUT2D eigenvalue weighted by Gasteiger charge is -2.04. The van der Waals surface area contributed by atoms with Crippen molar-refractivity contribution in [1.29, 1.82) is 0 Å². The SMILES string of the molecule is CCNCCCNS(=O)(=O)c1ccc(C(=O)O)s1. The maximum atomic E-state index is 11.8. The van der Waals surface area contributed by atoms with Gasteiger partial charge in [0, 0.05) is 6.54 Å². The fourth-order valence-electron chi connectivity index (χ4n) is 1.25. The number of hydrogen-bond acceptors (Lipinski definition) is 5. The Labute approximate surface area is 110 Å². The molecular weight excluding hydrogens is 276 g/mol. The van der Waals surface area contributed by atoms with Crippen LogP contribution in [0.3, 0.4) is 0 Å². The summed E-state index contributed by atoms with van der Waals surface area (Å²) in [7, 11) is -3.58. The van der Waals surface area contributed by atoms with E-state index in [4.69, 9.17) is 5.11 Å². The van der Waals surface area contributed by atoms with Crippen LogP contribution in [0.1, 0.15) is 23.0 Å². The Hall–Kier alpha value is -0.960. The number of nitrogens with one attached hydrogen (secondary N) is 2. The summed E-state index contributed by atoms with van der Waals surface area (Å²) in [6.45, 7) is 3.89. The monoisotopic (exact) mass is 292 g/mol. The second kappa shape index (κ2) is 6.83. The van der Waals surface area contributed by atoms with Crippen LogP contribution in [-0.4, -0.2) is 39.1 Å². The van der Waals surface area contributed by atoms with E-state index in [-0.39, 0.29) is 9.09 Å². The van der Waals surface area contributed by atoms with Crippen LogP contribution in [0.5, 0.6) is 0 Å². The van der Waals surface area contributed by atoms with Crippen molar-refractivity contribution in [2.75, 3.05) is 19.6 Å². The molecule has 0 atom stereocenters. The fourth-order valence-corrected chi connectivity index (χ4v) is 3.51. The Balaban J connectivity index is 2.54. The Morgan fingerprint density at radius 2 is 2.11 bits per heavy atom. The van der Waals surface area contributed by atoms with Crippen molar-refractivity contribution in [2.24, 2.45) is 0 Å². The number of sulfonamides is 1. The zero-order valence-electron chi connectivity index (χ0n) is 9.97. The van der Waals surface area contributed by atoms with Crippen molar-refractivity contribution in [3.05, 3.63) is 17.0 Å². The second-order valence-electron chi connectivity index (χ2n) is 3.53. The van der Waals surface area contributed by atoms with Gasteiger partial charge in [-0.1, -0.05) is 6.92 Å². The van der Waals surface area contributed by atoms with Crippen LogP contribution in [0.4, 0.5) is 0 Å². The van der Waals surface area contributed by atoms with Crippen molar-refractivity contribution in [3.8, 4) is 0 Å². The molecule has 1 aromatic heterocycles. The number of rotatable bonds is 8. The number of hydrogen-bond donors (Lipinski definition) is 3. The first-order valence-corrected chi connectivity index (χ1v) is 7.81. The molecule has 8 heteroatoms. The lowest BCUT2D eigenvalue weighted by atomic mass is 10.4. The lowest BCUT2D eigenvalue weighted by molar-refractivity contribution is 0.0702. The molecule has 0 unspecified atom stereocenters. The summed E-state index contributed by atoms with van der Waals surface area (Å²) in [5.41, 5.74) is 0. The van der Waals surface area contributed by atoms with E-state index in [2.05, 4.69) is 10.0 Å². The zero-order chi connectivity index (χ0) is 13.6. The molecule has 18 heavy (non-hydrogen) atoms. The van der Waals surface area contributed by atoms with Crippen molar-refractivity contribution in [3.63, 3.8) is 0 Å². The predicted molar refractivity (Wildman–Crippen MR) is 69.6 cm³/mol. The molecule has 0 saturated heterocycles. The highest BCUT2D eigenvalue weighted by atomic mass is 32.2. The first kappa shape index (κ1) is 15.1. The number of carboxylic acid groups (broad SMARTS) is 1. The van der Waals surface area contributed by atoms with Gasteiger partial charge < -0.3 is 10.4 Å². The number of thiophene rings is 1. The molecule has 0 radical (unpaired) electrons. The summed E-state index contributed by atoms with van der Waals surface area (Å²) < 4.78 is 26.0. The van der Waals surface area contributed by atoms with E-state index in [0.717, 1.165) is 24.4 Å². The smallest absolute Gasteiger partial charge is 0.345 e. The van der Waals surface area contributed by atoms with Gasteiger partial charge in [-0.15, -0.1) is 11.3 Å². The molecule has 0 aliphatic heterocycles. The van der Waals surface area contributed by atoms with Gasteiger partial charge in [0.2, 0.25) is 10.0 Å². The highest BCUT2D eigenvalue weighted by Crippen LogP contribution is 2.21. The Morgan fingerprint density at radius 3 is 2.67 bits per heavy atom. The maximum absolute atomic E-state index is 11.8. The third-order valence-corrected chi connectivity index (χ3v) is 5.16. The summed E-state index contributed by atoms with van der Waals surface area (Å²) in [6.07, 6.45) is 0.685. The average Bonchev–Trinajstić information content (AvgIpc) is 2.78. The Bertz CT molecular complexity index is 496. The summed E-state index contributed by atoms with van der Waals surface area (Å²) >= 11 is 0.751. The number of carbonyl (C=O) groups is 1. The quantitative estimate of drug-likeness (QED) is 0.614. The number of aromatic carboxylic acids is 1. The van der Waals surface area contributed by atoms with E-state index in [1.165, 1.54) is 12.1 Å². The normalized spacial score (nSPS) is 11.6. The summed E-state index contributed by atoms with van der Waals surface area (Å²) in [6, 6.07) is 2.60. The molecule has 0 amide bonds. The summed E-state index contributed by atoms with van der Waals surface area (Å²) in [4.78, 5) is 10.7. The second-order valence-corrected chi connectivity index (χ2v) is 6.61. The van der Waals surface area contributed by atoms with Crippen LogP contribution in [0.15, 0.2) is 16.3 Å². The molecule has 0 aliphatic rings. The van der Waals surface area contributed by atoms with Gasteiger partial charge in [-0.05, 0) is 31.6 Å². The van der Waals surface area contributed by atoms with Gasteiger partial charge in [0.15, 0.2) is 0 Å². The molecule has 0 aliphatic carbocycles. The molecular formula is C10H16N2O4S2. The average molecular weight is 292 g/mol. The van der Waals surface area contributed by atoms with E-state index in [1.54, 1.807) is 0 Å². The van der Waals surface area contributed by atoms with Crippen molar-refractivity contribution in [1.82, 2.24) is 10.0 Å². The van der Waals surface area contributed by atoms with Crippen LogP contribution >= 0.6 is 11.3 Å². The van der Waals surface area contributed by atoms with Crippen LogP contribution in [0.2, 0.25) is 0 Å². The molecule has 0 bridgehead atoms. The minimum absolute atomic E-state index is 0.0167. The Kier molecular flexibility index (Phi) is 5.73. The fraction of sp³-hybridized carbons (Fsp3) is 0.500. The van der Waals surface area contributed by atoms with Gasteiger partial charge >= 0.3 is 5.97 Å². The molecule has 0 aromatic carbocycles. The molecule has 0 saturated carbocycles. The highest BCUT2D eigenvalue weighted by Gasteiger charge is 2.18. The first-order chi connectivity index (χ1) is 8.47. The van der Waals surface area contributed by atoms with Crippen LogP contribution in [0.25, 0.3) is 0 Å². The molecule has 1 rings (SSSR count). The zero-order valence-corrected chi connectivity index (χ0v) is 11.6. The first-order valence-electron chi connectivity index (χ1n) is 5.51. The summed E-state index contributed by atoms with van der Waals surface area (Å²) in [5, 5.41) is 11.8. The largest absolute Gasteiger partial charge is 0.477 e. The van der Waals surface area contributed by atoms with Gasteiger partial charge in [0.05, 0.1) is 0 Å². The van der Waals surface area contributed by atoms with E-state index in [9.17, 15) is 13.2 Å². The molecule has 102 valence electrons. The molecule has 3 N–H and O–H groups in total. The summed E-state index contributed by atoms with van der Waals surface area (Å²) in [5.74, 6) is -1.12. The van der Waals surface area contributed by atoms with Gasteiger partial charge in [-0.25, -0.2) is 17.9 Å². The molecule has 0 spiro atoms. The van der Waals surface area contributed by atoms with Crippen LogP contribution < -0.4 is 10.0 Å². The van der Waals surface area contributed by atoms with Gasteiger partial charge in [0.25, 0.3) is 0 Å². The molecule has 0 fully saturated rings. The minimum atomic E-state index is -3.58. The standard InChI is InChI=1S/C10H16N2O4S2/c1-2-11-6-3-7-12-18(15,16)9-5-4-8(17-9)10(13)14/h4-5,11-12H,2-3,6-7H2,1H3,(H,13,14). The van der Waals surface area contributed by atoms with Crippen LogP contribution in [0, 0.1) is 0 Å². The molecule has 6 nitrogen and oxygen atoms in total. The van der Waals surface area contributed by atoms with Crippen molar-refractivity contribution in [2.45, 2.75) is 17.6 Å². The number of carboxylic acids is 1. The lowest BCUT2D eigenvalue weighted by Crippen LogP contribution is -2.26. The molecule has 1 heterocycles. The third-order valence-electron chi connectivity index (χ3n) is 2.13. The van der Waals surface area contributed by atoms with Gasteiger partial charge in [0.1, 0.15) is 9.09 Å². The molecule has 1 aromatic rings. The van der Waals surface area contributed by atoms with E-state index >= 15 is 0 Å². The highest BCUT2D eigenvalue weighted by molar-refractivity contribution is 7.91. The predicted octanol–water partition coefficient (Wildman–Crippen LogP) is 0.724. The van der Waals surface area contributed by atoms with Crippen molar-refractivity contribution >= 4 is 27.3 Å². The van der Waals surface area contributed by atoms with E-state index in [1.807, 2.05) is 6.92 Å². The maximum Gasteiger partial charge on any atom is 0.345 e. The van der Waals surface area contributed by atoms with Crippen molar-refractivity contribution < 1.29 is 18.3 Å². The Morgan fingerprint density at radius 1 is 1.39 bits per heavy atom.